The lowest BCUT2D eigenvalue weighted by atomic mass is 10.1. The highest BCUT2D eigenvalue weighted by atomic mass is 35.5. The Bertz CT molecular complexity index is 930. The minimum atomic E-state index is -0.520. The number of carbonyl (C=O) groups excluding carboxylic acids is 1. The molecule has 0 saturated carbocycles. The fourth-order valence-electron chi connectivity index (χ4n) is 2.29. The lowest BCUT2D eigenvalue weighted by molar-refractivity contribution is -0.112. The third-order valence-electron chi connectivity index (χ3n) is 3.74. The van der Waals surface area contributed by atoms with Crippen LogP contribution in [0.5, 0.6) is 11.5 Å². The standard InChI is InChI=1S/C21H19ClN2O3/c1-4-10-27-19-9-8-15(12-20(19)26-3)11-16(13-23)21(25)24-18-7-5-6-17(22)14(18)2/h4-9,11-12H,1,10H2,2-3H3,(H,24,25)/b16-11+. The summed E-state index contributed by atoms with van der Waals surface area (Å²) in [6.45, 7) is 5.74. The Morgan fingerprint density at radius 3 is 2.78 bits per heavy atom. The first-order valence-electron chi connectivity index (χ1n) is 8.10. The molecular weight excluding hydrogens is 364 g/mol. The van der Waals surface area contributed by atoms with Crippen molar-refractivity contribution in [3.05, 3.63) is 70.8 Å². The van der Waals surface area contributed by atoms with Crippen LogP contribution in [-0.4, -0.2) is 19.6 Å². The maximum Gasteiger partial charge on any atom is 0.266 e. The third kappa shape index (κ3) is 5.13. The number of rotatable bonds is 7. The molecule has 0 heterocycles. The summed E-state index contributed by atoms with van der Waals surface area (Å²) >= 11 is 6.06. The summed E-state index contributed by atoms with van der Waals surface area (Å²) in [4.78, 5) is 12.5. The molecule has 0 unspecified atom stereocenters. The van der Waals surface area contributed by atoms with Gasteiger partial charge >= 0.3 is 0 Å². The number of nitrogens with zero attached hydrogens (tertiary/aromatic N) is 1. The minimum Gasteiger partial charge on any atom is -0.493 e. The van der Waals surface area contributed by atoms with Crippen LogP contribution in [0.1, 0.15) is 11.1 Å². The van der Waals surface area contributed by atoms with Crippen molar-refractivity contribution >= 4 is 29.3 Å². The van der Waals surface area contributed by atoms with Gasteiger partial charge in [0.2, 0.25) is 0 Å². The van der Waals surface area contributed by atoms with Crippen LogP contribution in [0.2, 0.25) is 5.02 Å². The van der Waals surface area contributed by atoms with Crippen molar-refractivity contribution in [3.63, 3.8) is 0 Å². The summed E-state index contributed by atoms with van der Waals surface area (Å²) in [7, 11) is 1.52. The second-order valence-corrected chi connectivity index (χ2v) is 5.95. The number of anilines is 1. The van der Waals surface area contributed by atoms with Gasteiger partial charge in [-0.05, 0) is 48.4 Å². The van der Waals surface area contributed by atoms with Gasteiger partial charge in [-0.15, -0.1) is 0 Å². The first-order valence-corrected chi connectivity index (χ1v) is 8.48. The molecular formula is C21H19ClN2O3. The maximum absolute atomic E-state index is 12.5. The average Bonchev–Trinajstić information content (AvgIpc) is 2.68. The van der Waals surface area contributed by atoms with Crippen molar-refractivity contribution in [3.8, 4) is 17.6 Å². The highest BCUT2D eigenvalue weighted by Crippen LogP contribution is 2.29. The molecule has 0 bridgehead atoms. The molecule has 1 N–H and O–H groups in total. The van der Waals surface area contributed by atoms with Crippen molar-refractivity contribution < 1.29 is 14.3 Å². The molecule has 0 aromatic heterocycles. The molecule has 0 fully saturated rings. The van der Waals surface area contributed by atoms with Crippen LogP contribution in [0.4, 0.5) is 5.69 Å². The minimum absolute atomic E-state index is 0.0452. The predicted octanol–water partition coefficient (Wildman–Crippen LogP) is 4.77. The second-order valence-electron chi connectivity index (χ2n) is 5.55. The molecule has 1 amide bonds. The van der Waals surface area contributed by atoms with E-state index in [2.05, 4.69) is 11.9 Å². The summed E-state index contributed by atoms with van der Waals surface area (Å²) in [6.07, 6.45) is 3.11. The van der Waals surface area contributed by atoms with E-state index >= 15 is 0 Å². The van der Waals surface area contributed by atoms with Crippen LogP contribution in [0.15, 0.2) is 54.6 Å². The number of amides is 1. The zero-order valence-electron chi connectivity index (χ0n) is 15.1. The number of carbonyl (C=O) groups is 1. The van der Waals surface area contributed by atoms with Crippen LogP contribution >= 0.6 is 11.6 Å². The largest absolute Gasteiger partial charge is 0.493 e. The molecule has 0 aliphatic rings. The quantitative estimate of drug-likeness (QED) is 0.425. The van der Waals surface area contributed by atoms with Crippen LogP contribution in [0.3, 0.4) is 0 Å². The highest BCUT2D eigenvalue weighted by molar-refractivity contribution is 6.31. The number of methoxy groups -OCH3 is 1. The number of halogens is 1. The number of ether oxygens (including phenoxy) is 2. The second kappa shape index (κ2) is 9.46. The van der Waals surface area contributed by atoms with Crippen molar-refractivity contribution in [1.82, 2.24) is 0 Å². The fourth-order valence-corrected chi connectivity index (χ4v) is 2.46. The van der Waals surface area contributed by atoms with Crippen molar-refractivity contribution in [2.45, 2.75) is 6.92 Å². The van der Waals surface area contributed by atoms with Crippen LogP contribution in [-0.2, 0) is 4.79 Å². The molecule has 0 radical (unpaired) electrons. The van der Waals surface area contributed by atoms with E-state index in [-0.39, 0.29) is 5.57 Å². The smallest absolute Gasteiger partial charge is 0.266 e. The molecule has 2 rings (SSSR count). The lowest BCUT2D eigenvalue weighted by Gasteiger charge is -2.11. The molecule has 0 aliphatic heterocycles. The van der Waals surface area contributed by atoms with Gasteiger partial charge in [0.05, 0.1) is 7.11 Å². The monoisotopic (exact) mass is 382 g/mol. The summed E-state index contributed by atoms with van der Waals surface area (Å²) in [5.74, 6) is 0.523. The van der Waals surface area contributed by atoms with Crippen molar-refractivity contribution in [1.29, 1.82) is 5.26 Å². The van der Waals surface area contributed by atoms with Crippen molar-refractivity contribution in [2.24, 2.45) is 0 Å². The fraction of sp³-hybridized carbons (Fsp3) is 0.143. The molecule has 0 spiro atoms. The summed E-state index contributed by atoms with van der Waals surface area (Å²) in [5.41, 5.74) is 1.87. The average molecular weight is 383 g/mol. The van der Waals surface area contributed by atoms with Crippen LogP contribution in [0.25, 0.3) is 6.08 Å². The van der Waals surface area contributed by atoms with Gasteiger partial charge in [0, 0.05) is 10.7 Å². The van der Waals surface area contributed by atoms with E-state index in [1.807, 2.05) is 6.07 Å². The van der Waals surface area contributed by atoms with Gasteiger partial charge in [0.25, 0.3) is 5.91 Å². The Morgan fingerprint density at radius 1 is 1.33 bits per heavy atom. The van der Waals surface area contributed by atoms with Crippen LogP contribution < -0.4 is 14.8 Å². The number of benzene rings is 2. The van der Waals surface area contributed by atoms with Gasteiger partial charge in [-0.25, -0.2) is 0 Å². The van der Waals surface area contributed by atoms with E-state index in [0.717, 1.165) is 5.56 Å². The number of nitrogens with one attached hydrogen (secondary N) is 1. The summed E-state index contributed by atoms with van der Waals surface area (Å²) in [6, 6.07) is 12.2. The van der Waals surface area contributed by atoms with Gasteiger partial charge in [-0.1, -0.05) is 36.4 Å². The van der Waals surface area contributed by atoms with Crippen LogP contribution in [0, 0.1) is 18.3 Å². The van der Waals surface area contributed by atoms with Gasteiger partial charge in [0.15, 0.2) is 11.5 Å². The van der Waals surface area contributed by atoms with Gasteiger partial charge < -0.3 is 14.8 Å². The molecule has 0 atom stereocenters. The third-order valence-corrected chi connectivity index (χ3v) is 4.15. The zero-order valence-corrected chi connectivity index (χ0v) is 15.8. The molecule has 2 aromatic carbocycles. The Morgan fingerprint density at radius 2 is 2.11 bits per heavy atom. The van der Waals surface area contributed by atoms with E-state index in [4.69, 9.17) is 21.1 Å². The molecule has 138 valence electrons. The molecule has 2 aromatic rings. The molecule has 5 nitrogen and oxygen atoms in total. The molecule has 6 heteroatoms. The lowest BCUT2D eigenvalue weighted by Crippen LogP contribution is -2.14. The zero-order chi connectivity index (χ0) is 19.8. The van der Waals surface area contributed by atoms with E-state index in [1.165, 1.54) is 13.2 Å². The molecule has 0 aliphatic carbocycles. The normalized spacial score (nSPS) is 10.7. The first kappa shape index (κ1) is 20.1. The Labute approximate surface area is 163 Å². The van der Waals surface area contributed by atoms with E-state index < -0.39 is 5.91 Å². The molecule has 0 saturated heterocycles. The van der Waals surface area contributed by atoms with Gasteiger partial charge in [-0.3, -0.25) is 4.79 Å². The Balaban J connectivity index is 2.27. The number of hydrogen-bond acceptors (Lipinski definition) is 4. The number of hydrogen-bond donors (Lipinski definition) is 1. The summed E-state index contributed by atoms with van der Waals surface area (Å²) in [5, 5.41) is 12.6. The van der Waals surface area contributed by atoms with E-state index in [9.17, 15) is 10.1 Å². The summed E-state index contributed by atoms with van der Waals surface area (Å²) < 4.78 is 10.8. The maximum atomic E-state index is 12.5. The Hall–Kier alpha value is -3.23. The van der Waals surface area contributed by atoms with E-state index in [1.54, 1.807) is 49.4 Å². The highest BCUT2D eigenvalue weighted by Gasteiger charge is 2.13. The Kier molecular flexibility index (Phi) is 7.04. The van der Waals surface area contributed by atoms with E-state index in [0.29, 0.717) is 34.4 Å². The molecule has 27 heavy (non-hydrogen) atoms. The topological polar surface area (TPSA) is 71.3 Å². The SMILES string of the molecule is C=CCOc1ccc(/C=C(\C#N)C(=O)Nc2cccc(Cl)c2C)cc1OC. The predicted molar refractivity (Wildman–Crippen MR) is 107 cm³/mol. The first-order chi connectivity index (χ1) is 13.0. The number of nitriles is 1. The van der Waals surface area contributed by atoms with Gasteiger partial charge in [-0.2, -0.15) is 5.26 Å². The van der Waals surface area contributed by atoms with Crippen molar-refractivity contribution in [2.75, 3.05) is 19.0 Å². The van der Waals surface area contributed by atoms with Gasteiger partial charge in [0.1, 0.15) is 18.2 Å².